The van der Waals surface area contributed by atoms with Crippen LogP contribution in [0.25, 0.3) is 0 Å². The molecule has 0 aliphatic carbocycles. The van der Waals surface area contributed by atoms with Gasteiger partial charge in [-0.3, -0.25) is 4.79 Å². The molecule has 1 heterocycles. The smallest absolute Gasteiger partial charge is 0.408 e. The highest BCUT2D eigenvalue weighted by molar-refractivity contribution is 6.30. The average Bonchev–Trinajstić information content (AvgIpc) is 2.86. The maximum atomic E-state index is 13.6. The number of hydrogen-bond donors (Lipinski definition) is 4. The Labute approximate surface area is 260 Å². The number of rotatable bonds is 9. The molecular weight excluding hydrogens is 576 g/mol. The van der Waals surface area contributed by atoms with Gasteiger partial charge in [0, 0.05) is 23.5 Å². The summed E-state index contributed by atoms with van der Waals surface area (Å²) in [6.45, 7) is 17.9. The summed E-state index contributed by atoms with van der Waals surface area (Å²) >= 11 is 6.04. The van der Waals surface area contributed by atoms with Crippen molar-refractivity contribution in [2.75, 3.05) is 19.6 Å². The summed E-state index contributed by atoms with van der Waals surface area (Å²) in [5.74, 6) is -1.16. The number of aliphatic hydroxyl groups is 1. The van der Waals surface area contributed by atoms with Crippen LogP contribution in [-0.4, -0.2) is 76.9 Å². The number of nitrogens with one attached hydrogen (secondary N) is 3. The van der Waals surface area contributed by atoms with Gasteiger partial charge in [-0.1, -0.05) is 51.4 Å². The Kier molecular flexibility index (Phi) is 11.5. The lowest BCUT2D eigenvalue weighted by molar-refractivity contribution is -0.158. The molecule has 1 aromatic rings. The molecule has 0 bridgehead atoms. The number of piperidine rings is 1. The summed E-state index contributed by atoms with van der Waals surface area (Å²) in [4.78, 5) is 52.7. The second kappa shape index (κ2) is 13.7. The SMILES string of the molecule is CC(NC(=O)OC(C)(C)C)C(=O)OC(C)(C)CNC(=O)N[C@@H](C(=O)N1CC[C@](O)(c2ccc(Cl)cc2)C(C)(C)C1)C(C)C. The van der Waals surface area contributed by atoms with Gasteiger partial charge in [0.1, 0.15) is 23.3 Å². The Bertz CT molecular complexity index is 1160. The number of carbonyl (C=O) groups is 4. The highest BCUT2D eigenvalue weighted by Gasteiger charge is 2.50. The topological polar surface area (TPSA) is 146 Å². The van der Waals surface area contributed by atoms with Crippen LogP contribution in [0.1, 0.15) is 81.2 Å². The van der Waals surface area contributed by atoms with Crippen LogP contribution in [0.4, 0.5) is 9.59 Å². The van der Waals surface area contributed by atoms with Crippen molar-refractivity contribution in [3.63, 3.8) is 0 Å². The minimum Gasteiger partial charge on any atom is -0.456 e. The number of esters is 1. The van der Waals surface area contributed by atoms with Gasteiger partial charge in [-0.15, -0.1) is 0 Å². The van der Waals surface area contributed by atoms with Crippen LogP contribution in [0.5, 0.6) is 0 Å². The standard InChI is InChI=1S/C31H49ClN4O7/c1-19(2)23(24(37)36-16-15-31(41,29(7,8)18-36)21-11-13-22(32)14-12-21)35-26(39)33-17-30(9,10)42-25(38)20(3)34-27(40)43-28(4,5)6/h11-14,19-20,23,41H,15-18H2,1-10H3,(H,34,40)(H2,33,35,39)/t20?,23-,31+/m1/s1. The molecule has 0 spiro atoms. The van der Waals surface area contributed by atoms with E-state index in [4.69, 9.17) is 21.1 Å². The van der Waals surface area contributed by atoms with E-state index in [-0.39, 0.29) is 24.9 Å². The largest absolute Gasteiger partial charge is 0.456 e. The lowest BCUT2D eigenvalue weighted by Crippen LogP contribution is -2.61. The monoisotopic (exact) mass is 624 g/mol. The highest BCUT2D eigenvalue weighted by atomic mass is 35.5. The zero-order valence-corrected chi connectivity index (χ0v) is 27.8. The van der Waals surface area contributed by atoms with Crippen molar-refractivity contribution in [2.24, 2.45) is 11.3 Å². The van der Waals surface area contributed by atoms with Crippen molar-refractivity contribution in [1.29, 1.82) is 0 Å². The minimum absolute atomic E-state index is 0.0480. The number of nitrogens with zero attached hydrogens (tertiary/aromatic N) is 1. The lowest BCUT2D eigenvalue weighted by atomic mass is 9.66. The second-order valence-electron chi connectivity index (χ2n) is 13.9. The molecule has 4 N–H and O–H groups in total. The van der Waals surface area contributed by atoms with Gasteiger partial charge in [-0.05, 0) is 71.6 Å². The fourth-order valence-electron chi connectivity index (χ4n) is 4.91. The second-order valence-corrected chi connectivity index (χ2v) is 14.3. The van der Waals surface area contributed by atoms with Gasteiger partial charge in [0.2, 0.25) is 5.91 Å². The quantitative estimate of drug-likeness (QED) is 0.299. The maximum Gasteiger partial charge on any atom is 0.408 e. The van der Waals surface area contributed by atoms with Crippen LogP contribution in [0.3, 0.4) is 0 Å². The molecule has 3 atom stereocenters. The molecule has 242 valence electrons. The van der Waals surface area contributed by atoms with Crippen LogP contribution in [-0.2, 0) is 24.7 Å². The van der Waals surface area contributed by atoms with E-state index in [2.05, 4.69) is 16.0 Å². The van der Waals surface area contributed by atoms with Crippen LogP contribution in [0.2, 0.25) is 5.02 Å². The number of urea groups is 1. The molecule has 12 heteroatoms. The van der Waals surface area contributed by atoms with E-state index in [1.165, 1.54) is 6.92 Å². The number of likely N-dealkylation sites (tertiary alicyclic amines) is 1. The Hall–Kier alpha value is -3.05. The number of hydrogen-bond acceptors (Lipinski definition) is 7. The van der Waals surface area contributed by atoms with E-state index < -0.39 is 52.4 Å². The van der Waals surface area contributed by atoms with Crippen LogP contribution in [0.15, 0.2) is 24.3 Å². The minimum atomic E-state index is -1.16. The summed E-state index contributed by atoms with van der Waals surface area (Å²) < 4.78 is 10.7. The number of alkyl carbamates (subject to hydrolysis) is 1. The summed E-state index contributed by atoms with van der Waals surface area (Å²) in [5.41, 5.74) is -2.93. The van der Waals surface area contributed by atoms with Crippen molar-refractivity contribution >= 4 is 35.6 Å². The molecule has 43 heavy (non-hydrogen) atoms. The third kappa shape index (κ3) is 9.99. The summed E-state index contributed by atoms with van der Waals surface area (Å²) in [6, 6.07) is 4.71. The van der Waals surface area contributed by atoms with E-state index in [1.807, 2.05) is 27.7 Å². The van der Waals surface area contributed by atoms with Gasteiger partial charge in [0.15, 0.2) is 0 Å². The first-order chi connectivity index (χ1) is 19.6. The number of ether oxygens (including phenoxy) is 2. The van der Waals surface area contributed by atoms with Gasteiger partial charge in [-0.2, -0.15) is 0 Å². The lowest BCUT2D eigenvalue weighted by Gasteiger charge is -2.51. The van der Waals surface area contributed by atoms with E-state index in [0.717, 1.165) is 5.56 Å². The van der Waals surface area contributed by atoms with Crippen molar-refractivity contribution in [1.82, 2.24) is 20.9 Å². The normalized spacial score (nSPS) is 20.1. The molecule has 1 saturated heterocycles. The molecule has 4 amide bonds. The van der Waals surface area contributed by atoms with E-state index in [9.17, 15) is 24.3 Å². The molecule has 0 radical (unpaired) electrons. The van der Waals surface area contributed by atoms with Crippen LogP contribution < -0.4 is 16.0 Å². The molecule has 1 aliphatic rings. The van der Waals surface area contributed by atoms with E-state index in [1.54, 1.807) is 63.8 Å². The molecule has 0 aromatic heterocycles. The number of carbonyl (C=O) groups excluding carboxylic acids is 4. The predicted octanol–water partition coefficient (Wildman–Crippen LogP) is 4.34. The van der Waals surface area contributed by atoms with Crippen molar-refractivity contribution in [2.45, 2.75) is 105 Å². The Morgan fingerprint density at radius 1 is 1.00 bits per heavy atom. The average molecular weight is 625 g/mol. The first-order valence-electron chi connectivity index (χ1n) is 14.6. The van der Waals surface area contributed by atoms with Crippen LogP contribution in [0, 0.1) is 11.3 Å². The molecule has 1 fully saturated rings. The molecular formula is C31H49ClN4O7. The first-order valence-corrected chi connectivity index (χ1v) is 15.0. The molecule has 1 aromatic carbocycles. The Morgan fingerprint density at radius 2 is 1.58 bits per heavy atom. The zero-order valence-electron chi connectivity index (χ0n) is 27.1. The van der Waals surface area contributed by atoms with Crippen LogP contribution >= 0.6 is 11.6 Å². The summed E-state index contributed by atoms with van der Waals surface area (Å²) in [5, 5.41) is 20.1. The number of amides is 4. The number of benzene rings is 1. The Morgan fingerprint density at radius 3 is 2.09 bits per heavy atom. The maximum absolute atomic E-state index is 13.6. The molecule has 11 nitrogen and oxygen atoms in total. The molecule has 1 unspecified atom stereocenters. The van der Waals surface area contributed by atoms with Gasteiger partial charge in [0.25, 0.3) is 0 Å². The fraction of sp³-hybridized carbons (Fsp3) is 0.677. The Balaban J connectivity index is 1.97. The third-order valence-electron chi connectivity index (χ3n) is 7.44. The third-order valence-corrected chi connectivity index (χ3v) is 7.69. The van der Waals surface area contributed by atoms with Gasteiger partial charge in [-0.25, -0.2) is 14.4 Å². The number of halogens is 1. The van der Waals surface area contributed by atoms with Gasteiger partial charge >= 0.3 is 18.1 Å². The van der Waals surface area contributed by atoms with E-state index >= 15 is 0 Å². The zero-order chi connectivity index (χ0) is 33.0. The summed E-state index contributed by atoms with van der Waals surface area (Å²) in [6.07, 6.45) is -0.422. The summed E-state index contributed by atoms with van der Waals surface area (Å²) in [7, 11) is 0. The molecule has 0 saturated carbocycles. The van der Waals surface area contributed by atoms with Gasteiger partial charge < -0.3 is 35.4 Å². The fourth-order valence-corrected chi connectivity index (χ4v) is 5.03. The first kappa shape index (κ1) is 36.1. The van der Waals surface area contributed by atoms with Gasteiger partial charge in [0.05, 0.1) is 12.1 Å². The predicted molar refractivity (Wildman–Crippen MR) is 164 cm³/mol. The molecule has 1 aliphatic heterocycles. The van der Waals surface area contributed by atoms with Crippen molar-refractivity contribution < 1.29 is 33.8 Å². The van der Waals surface area contributed by atoms with E-state index in [0.29, 0.717) is 18.0 Å². The highest BCUT2D eigenvalue weighted by Crippen LogP contribution is 2.46. The van der Waals surface area contributed by atoms with Crippen molar-refractivity contribution in [3.05, 3.63) is 34.9 Å². The van der Waals surface area contributed by atoms with Crippen molar-refractivity contribution in [3.8, 4) is 0 Å². The molecule has 2 rings (SSSR count).